The number of nitro benzene ring substituents is 1. The van der Waals surface area contributed by atoms with Gasteiger partial charge >= 0.3 is 0 Å². The maximum atomic E-state index is 10.8. The van der Waals surface area contributed by atoms with Crippen LogP contribution in [-0.4, -0.2) is 24.1 Å². The van der Waals surface area contributed by atoms with E-state index in [0.29, 0.717) is 6.04 Å². The van der Waals surface area contributed by atoms with Crippen LogP contribution in [-0.2, 0) is 0 Å². The van der Waals surface area contributed by atoms with E-state index in [2.05, 4.69) is 4.90 Å². The van der Waals surface area contributed by atoms with Crippen LogP contribution in [0.3, 0.4) is 0 Å². The van der Waals surface area contributed by atoms with Crippen LogP contribution in [0.4, 0.5) is 11.4 Å². The Hall–Kier alpha value is -1.62. The number of anilines is 1. The number of nitrogens with zero attached hydrogens (tertiary/aromatic N) is 2. The van der Waals surface area contributed by atoms with E-state index in [1.165, 1.54) is 51.4 Å². The van der Waals surface area contributed by atoms with Gasteiger partial charge in [-0.1, -0.05) is 12.8 Å². The Labute approximate surface area is 144 Å². The van der Waals surface area contributed by atoms with Crippen molar-refractivity contribution in [3.8, 4) is 0 Å². The summed E-state index contributed by atoms with van der Waals surface area (Å²) < 4.78 is 0. The molecule has 3 atom stereocenters. The topological polar surface area (TPSA) is 72.4 Å². The van der Waals surface area contributed by atoms with Gasteiger partial charge in [-0.3, -0.25) is 10.1 Å². The van der Waals surface area contributed by atoms with Gasteiger partial charge in [-0.2, -0.15) is 0 Å². The first kappa shape index (κ1) is 17.2. The molecule has 1 unspecified atom stereocenters. The van der Waals surface area contributed by atoms with Gasteiger partial charge in [-0.15, -0.1) is 0 Å². The van der Waals surface area contributed by atoms with E-state index in [0.717, 1.165) is 30.6 Å². The van der Waals surface area contributed by atoms with E-state index >= 15 is 0 Å². The molecule has 2 N–H and O–H groups in total. The Morgan fingerprint density at radius 3 is 2.50 bits per heavy atom. The average molecular weight is 331 g/mol. The fourth-order valence-electron chi connectivity index (χ4n) is 4.40. The first-order chi connectivity index (χ1) is 11.6. The van der Waals surface area contributed by atoms with Gasteiger partial charge in [0.1, 0.15) is 0 Å². The Morgan fingerprint density at radius 2 is 1.79 bits per heavy atom. The van der Waals surface area contributed by atoms with Crippen LogP contribution in [0, 0.1) is 22.0 Å². The molecule has 24 heavy (non-hydrogen) atoms. The van der Waals surface area contributed by atoms with Crippen molar-refractivity contribution >= 4 is 11.4 Å². The largest absolute Gasteiger partial charge is 0.372 e. The summed E-state index contributed by atoms with van der Waals surface area (Å²) in [7, 11) is 0. The molecule has 0 aromatic heterocycles. The molecule has 0 bridgehead atoms. The normalized spacial score (nSPS) is 28.4. The third-order valence-electron chi connectivity index (χ3n) is 5.88. The molecular formula is C19H29N3O2. The van der Waals surface area contributed by atoms with Gasteiger partial charge in [0, 0.05) is 37.0 Å². The summed E-state index contributed by atoms with van der Waals surface area (Å²) in [5.41, 5.74) is 7.60. The molecular weight excluding hydrogens is 302 g/mol. The van der Waals surface area contributed by atoms with E-state index in [9.17, 15) is 10.1 Å². The summed E-state index contributed by atoms with van der Waals surface area (Å²) in [4.78, 5) is 12.8. The number of hydrogen-bond acceptors (Lipinski definition) is 4. The predicted octanol–water partition coefficient (Wildman–Crippen LogP) is 4.11. The van der Waals surface area contributed by atoms with Gasteiger partial charge in [0.25, 0.3) is 5.69 Å². The smallest absolute Gasteiger partial charge is 0.269 e. The van der Waals surface area contributed by atoms with Crippen LogP contribution in [0.1, 0.15) is 51.4 Å². The van der Waals surface area contributed by atoms with Gasteiger partial charge in [-0.05, 0) is 62.5 Å². The molecule has 1 saturated carbocycles. The first-order valence-electron chi connectivity index (χ1n) is 9.38. The fraction of sp³-hybridized carbons (Fsp3) is 0.684. The quantitative estimate of drug-likeness (QED) is 0.665. The molecule has 0 radical (unpaired) electrons. The lowest BCUT2D eigenvalue weighted by molar-refractivity contribution is -0.384. The van der Waals surface area contributed by atoms with Crippen molar-refractivity contribution in [3.63, 3.8) is 0 Å². The fourth-order valence-corrected chi connectivity index (χ4v) is 4.40. The molecule has 1 heterocycles. The molecule has 2 fully saturated rings. The number of benzene rings is 1. The monoisotopic (exact) mass is 331 g/mol. The third-order valence-corrected chi connectivity index (χ3v) is 5.88. The summed E-state index contributed by atoms with van der Waals surface area (Å²) in [6.07, 6.45) is 10.1. The highest BCUT2D eigenvalue weighted by Gasteiger charge is 2.26. The van der Waals surface area contributed by atoms with Crippen LogP contribution in [0.2, 0.25) is 0 Å². The molecule has 0 amide bonds. The van der Waals surface area contributed by atoms with Crippen LogP contribution in [0.25, 0.3) is 0 Å². The second-order valence-corrected chi connectivity index (χ2v) is 7.50. The highest BCUT2D eigenvalue weighted by molar-refractivity contribution is 5.50. The minimum absolute atomic E-state index is 0.165. The van der Waals surface area contributed by atoms with Crippen LogP contribution < -0.4 is 10.6 Å². The molecule has 132 valence electrons. The molecule has 3 rings (SSSR count). The van der Waals surface area contributed by atoms with E-state index in [1.54, 1.807) is 12.1 Å². The lowest BCUT2D eigenvalue weighted by Crippen LogP contribution is -2.34. The number of nitrogens with two attached hydrogens (primary N) is 1. The van der Waals surface area contributed by atoms with E-state index in [4.69, 9.17) is 5.73 Å². The van der Waals surface area contributed by atoms with Crippen LogP contribution in [0.5, 0.6) is 0 Å². The minimum atomic E-state index is -0.338. The van der Waals surface area contributed by atoms with Crippen molar-refractivity contribution in [2.75, 3.05) is 18.0 Å². The summed E-state index contributed by atoms with van der Waals surface area (Å²) in [5.74, 6) is 1.50. The Morgan fingerprint density at radius 1 is 1.04 bits per heavy atom. The average Bonchev–Trinajstić information content (AvgIpc) is 2.83. The zero-order valence-electron chi connectivity index (χ0n) is 14.4. The second kappa shape index (κ2) is 7.97. The second-order valence-electron chi connectivity index (χ2n) is 7.50. The highest BCUT2D eigenvalue weighted by Crippen LogP contribution is 2.33. The maximum Gasteiger partial charge on any atom is 0.269 e. The zero-order valence-corrected chi connectivity index (χ0v) is 14.4. The van der Waals surface area contributed by atoms with E-state index in [1.807, 2.05) is 12.1 Å². The molecule has 2 aliphatic rings. The summed E-state index contributed by atoms with van der Waals surface area (Å²) in [6.45, 7) is 2.09. The van der Waals surface area contributed by atoms with Crippen molar-refractivity contribution in [1.29, 1.82) is 0 Å². The van der Waals surface area contributed by atoms with Gasteiger partial charge in [0.05, 0.1) is 4.92 Å². The van der Waals surface area contributed by atoms with Crippen LogP contribution >= 0.6 is 0 Å². The lowest BCUT2D eigenvalue weighted by Gasteiger charge is -2.31. The molecule has 1 aromatic carbocycles. The Bertz CT molecular complexity index is 546. The van der Waals surface area contributed by atoms with Crippen molar-refractivity contribution in [3.05, 3.63) is 34.4 Å². The van der Waals surface area contributed by atoms with Crippen molar-refractivity contribution in [2.24, 2.45) is 17.6 Å². The van der Waals surface area contributed by atoms with Gasteiger partial charge in [0.15, 0.2) is 0 Å². The van der Waals surface area contributed by atoms with Crippen LogP contribution in [0.15, 0.2) is 24.3 Å². The lowest BCUT2D eigenvalue weighted by atomic mass is 9.78. The first-order valence-corrected chi connectivity index (χ1v) is 9.38. The number of nitro groups is 1. The highest BCUT2D eigenvalue weighted by atomic mass is 16.6. The maximum absolute atomic E-state index is 10.8. The van der Waals surface area contributed by atoms with E-state index < -0.39 is 0 Å². The Balaban J connectivity index is 1.55. The number of hydrogen-bond donors (Lipinski definition) is 1. The SMILES string of the molecule is N[C@@H]1CCCC[C@H]1CC1CCCN(c2ccc([N+](=O)[O-])cc2)CC1. The molecule has 5 heteroatoms. The predicted molar refractivity (Wildman–Crippen MR) is 97.2 cm³/mol. The van der Waals surface area contributed by atoms with Crippen molar-refractivity contribution in [2.45, 2.75) is 57.4 Å². The molecule has 1 aliphatic carbocycles. The van der Waals surface area contributed by atoms with Gasteiger partial charge < -0.3 is 10.6 Å². The minimum Gasteiger partial charge on any atom is -0.372 e. The molecule has 0 spiro atoms. The summed E-state index contributed by atoms with van der Waals surface area (Å²) in [5, 5.41) is 10.8. The van der Waals surface area contributed by atoms with E-state index in [-0.39, 0.29) is 10.6 Å². The molecule has 5 nitrogen and oxygen atoms in total. The summed E-state index contributed by atoms with van der Waals surface area (Å²) >= 11 is 0. The standard InChI is InChI=1S/C19H29N3O2/c20-19-6-2-1-5-16(19)14-15-4-3-12-21(13-11-15)17-7-9-18(10-8-17)22(23)24/h7-10,15-16,19H,1-6,11-14,20H2/t15?,16-,19+/m0/s1. The van der Waals surface area contributed by atoms with Crippen molar-refractivity contribution in [1.82, 2.24) is 0 Å². The van der Waals surface area contributed by atoms with Gasteiger partial charge in [-0.25, -0.2) is 0 Å². The number of rotatable bonds is 4. The van der Waals surface area contributed by atoms with Gasteiger partial charge in [0.2, 0.25) is 0 Å². The Kier molecular flexibility index (Phi) is 5.72. The third kappa shape index (κ3) is 4.26. The number of non-ortho nitro benzene ring substituents is 1. The molecule has 1 aromatic rings. The molecule has 1 saturated heterocycles. The molecule has 1 aliphatic heterocycles. The zero-order chi connectivity index (χ0) is 16.9. The van der Waals surface area contributed by atoms with Crippen molar-refractivity contribution < 1.29 is 4.92 Å². The summed E-state index contributed by atoms with van der Waals surface area (Å²) in [6, 6.07) is 7.40.